The number of hydrogen-bond acceptors (Lipinski definition) is 4. The number of nitrogens with one attached hydrogen (secondary N) is 1. The summed E-state index contributed by atoms with van der Waals surface area (Å²) < 4.78 is 26.6. The van der Waals surface area contributed by atoms with E-state index in [4.69, 9.17) is 23.2 Å². The molecule has 0 aliphatic rings. The fourth-order valence-electron chi connectivity index (χ4n) is 1.76. The highest BCUT2D eigenvalue weighted by molar-refractivity contribution is 7.91. The molecule has 0 aromatic heterocycles. The second-order valence-corrected chi connectivity index (χ2v) is 6.98. The molecule has 0 unspecified atom stereocenters. The lowest BCUT2D eigenvalue weighted by Crippen LogP contribution is -2.15. The lowest BCUT2D eigenvalue weighted by molar-refractivity contribution is -0.384. The molecule has 9 heteroatoms. The van der Waals surface area contributed by atoms with E-state index in [0.717, 1.165) is 0 Å². The molecule has 2 aromatic carbocycles. The summed E-state index contributed by atoms with van der Waals surface area (Å²) in [6.07, 6.45) is 0. The van der Waals surface area contributed by atoms with Gasteiger partial charge in [-0.15, -0.1) is 0 Å². The van der Waals surface area contributed by atoms with Crippen LogP contribution in [-0.2, 0) is 15.8 Å². The first-order chi connectivity index (χ1) is 10.3. The van der Waals surface area contributed by atoms with E-state index in [1.165, 1.54) is 42.5 Å². The average Bonchev–Trinajstić information content (AvgIpc) is 2.41. The normalized spacial score (nSPS) is 11.2. The molecule has 6 nitrogen and oxygen atoms in total. The zero-order valence-electron chi connectivity index (χ0n) is 11.0. The second-order valence-electron chi connectivity index (χ2n) is 4.41. The Bertz CT molecular complexity index is 825. The van der Waals surface area contributed by atoms with Crippen molar-refractivity contribution in [3.63, 3.8) is 0 Å². The molecule has 0 aliphatic heterocycles. The van der Waals surface area contributed by atoms with Crippen LogP contribution in [0.1, 0.15) is 5.56 Å². The number of halogens is 2. The van der Waals surface area contributed by atoms with E-state index < -0.39 is 20.7 Å². The van der Waals surface area contributed by atoms with Crippen LogP contribution in [0.5, 0.6) is 0 Å². The first-order valence-corrected chi connectivity index (χ1v) is 8.36. The van der Waals surface area contributed by atoms with Crippen molar-refractivity contribution in [2.24, 2.45) is 0 Å². The van der Waals surface area contributed by atoms with Gasteiger partial charge in [-0.3, -0.25) is 14.8 Å². The minimum absolute atomic E-state index is 0.162. The summed E-state index contributed by atoms with van der Waals surface area (Å²) in [7, 11) is -3.77. The van der Waals surface area contributed by atoms with Gasteiger partial charge in [-0.2, -0.15) is 0 Å². The van der Waals surface area contributed by atoms with Gasteiger partial charge in [0, 0.05) is 17.2 Å². The van der Waals surface area contributed by atoms with E-state index in [1.54, 1.807) is 0 Å². The van der Waals surface area contributed by atoms with Gasteiger partial charge in [0.15, 0.2) is 0 Å². The van der Waals surface area contributed by atoms with E-state index in [-0.39, 0.29) is 16.4 Å². The van der Waals surface area contributed by atoms with Crippen LogP contribution in [0.3, 0.4) is 0 Å². The van der Waals surface area contributed by atoms with Crippen molar-refractivity contribution in [2.75, 3.05) is 4.72 Å². The van der Waals surface area contributed by atoms with Crippen LogP contribution in [0.2, 0.25) is 10.0 Å². The molecule has 0 aliphatic carbocycles. The summed E-state index contributed by atoms with van der Waals surface area (Å²) in [5.74, 6) is -0.409. The zero-order valence-corrected chi connectivity index (χ0v) is 13.3. The van der Waals surface area contributed by atoms with Gasteiger partial charge in [0.05, 0.1) is 21.4 Å². The van der Waals surface area contributed by atoms with Crippen molar-refractivity contribution in [1.29, 1.82) is 0 Å². The third-order valence-corrected chi connectivity index (χ3v) is 4.47. The quantitative estimate of drug-likeness (QED) is 0.647. The van der Waals surface area contributed by atoms with Crippen molar-refractivity contribution in [3.05, 3.63) is 68.2 Å². The monoisotopic (exact) mass is 360 g/mol. The summed E-state index contributed by atoms with van der Waals surface area (Å²) in [4.78, 5) is 10.1. The third kappa shape index (κ3) is 4.33. The highest BCUT2D eigenvalue weighted by atomic mass is 35.5. The van der Waals surface area contributed by atoms with E-state index in [1.807, 2.05) is 0 Å². The predicted octanol–water partition coefficient (Wildman–Crippen LogP) is 3.84. The van der Waals surface area contributed by atoms with Crippen LogP contribution in [-0.4, -0.2) is 13.3 Å². The maximum atomic E-state index is 12.1. The Labute approximate surface area is 136 Å². The van der Waals surface area contributed by atoms with Gasteiger partial charge < -0.3 is 0 Å². The SMILES string of the molecule is O=[N+]([O-])c1cccc(CS(=O)(=O)Nc2ccc(Cl)cc2Cl)c1. The van der Waals surface area contributed by atoms with Crippen LogP contribution in [0.4, 0.5) is 11.4 Å². The molecule has 0 saturated carbocycles. The van der Waals surface area contributed by atoms with Gasteiger partial charge in [-0.1, -0.05) is 35.3 Å². The smallest absolute Gasteiger partial charge is 0.269 e. The average molecular weight is 361 g/mol. The fourth-order valence-corrected chi connectivity index (χ4v) is 3.47. The molecule has 0 radical (unpaired) electrons. The maximum Gasteiger partial charge on any atom is 0.269 e. The molecule has 0 bridgehead atoms. The van der Waals surface area contributed by atoms with Crippen LogP contribution >= 0.6 is 23.2 Å². The highest BCUT2D eigenvalue weighted by Gasteiger charge is 2.16. The van der Waals surface area contributed by atoms with Gasteiger partial charge >= 0.3 is 0 Å². The molecular formula is C13H10Cl2N2O4S. The van der Waals surface area contributed by atoms with Crippen LogP contribution in [0.25, 0.3) is 0 Å². The zero-order chi connectivity index (χ0) is 16.3. The minimum Gasteiger partial charge on any atom is -0.282 e. The molecule has 0 spiro atoms. The number of rotatable bonds is 5. The lowest BCUT2D eigenvalue weighted by atomic mass is 10.2. The molecule has 2 rings (SSSR count). The van der Waals surface area contributed by atoms with Gasteiger partial charge in [0.25, 0.3) is 5.69 Å². The van der Waals surface area contributed by atoms with Crippen molar-refractivity contribution in [2.45, 2.75) is 5.75 Å². The number of sulfonamides is 1. The van der Waals surface area contributed by atoms with Crippen molar-refractivity contribution in [1.82, 2.24) is 0 Å². The molecule has 0 amide bonds. The van der Waals surface area contributed by atoms with E-state index in [0.29, 0.717) is 10.6 Å². The Kier molecular flexibility index (Phi) is 4.90. The van der Waals surface area contributed by atoms with Crippen LogP contribution in [0, 0.1) is 10.1 Å². The van der Waals surface area contributed by atoms with Crippen molar-refractivity contribution < 1.29 is 13.3 Å². The summed E-state index contributed by atoms with van der Waals surface area (Å²) >= 11 is 11.6. The van der Waals surface area contributed by atoms with E-state index >= 15 is 0 Å². The number of non-ortho nitro benzene ring substituents is 1. The van der Waals surface area contributed by atoms with Crippen LogP contribution < -0.4 is 4.72 Å². The lowest BCUT2D eigenvalue weighted by Gasteiger charge is -2.10. The first kappa shape index (κ1) is 16.5. The molecule has 2 aromatic rings. The molecule has 116 valence electrons. The van der Waals surface area contributed by atoms with Crippen molar-refractivity contribution in [3.8, 4) is 0 Å². The Hall–Kier alpha value is -1.83. The second kappa shape index (κ2) is 6.51. The Balaban J connectivity index is 2.21. The molecule has 1 N–H and O–H groups in total. The Morgan fingerprint density at radius 3 is 2.50 bits per heavy atom. The maximum absolute atomic E-state index is 12.1. The van der Waals surface area contributed by atoms with Gasteiger partial charge in [0.2, 0.25) is 10.0 Å². The number of hydrogen-bond donors (Lipinski definition) is 1. The van der Waals surface area contributed by atoms with Gasteiger partial charge in [-0.25, -0.2) is 8.42 Å². The molecule has 22 heavy (non-hydrogen) atoms. The van der Waals surface area contributed by atoms with Gasteiger partial charge in [-0.05, 0) is 23.8 Å². The number of nitro groups is 1. The van der Waals surface area contributed by atoms with Gasteiger partial charge in [0.1, 0.15) is 0 Å². The van der Waals surface area contributed by atoms with Crippen LogP contribution in [0.15, 0.2) is 42.5 Å². The third-order valence-electron chi connectivity index (χ3n) is 2.67. The number of anilines is 1. The number of nitrogens with zero attached hydrogens (tertiary/aromatic N) is 1. The summed E-state index contributed by atoms with van der Waals surface area (Å²) in [6, 6.07) is 9.78. The first-order valence-electron chi connectivity index (χ1n) is 5.96. The summed E-state index contributed by atoms with van der Waals surface area (Å²) in [5, 5.41) is 11.2. The topological polar surface area (TPSA) is 89.3 Å². The molecular weight excluding hydrogens is 351 g/mol. The molecule has 0 heterocycles. The Morgan fingerprint density at radius 2 is 1.86 bits per heavy atom. The standard InChI is InChI=1S/C13H10Cl2N2O4S/c14-10-4-5-13(12(15)7-10)16-22(20,21)8-9-2-1-3-11(6-9)17(18)19/h1-7,16H,8H2. The summed E-state index contributed by atoms with van der Waals surface area (Å²) in [6.45, 7) is 0. The number of benzene rings is 2. The number of nitro benzene ring substituents is 1. The summed E-state index contributed by atoms with van der Waals surface area (Å²) in [5.41, 5.74) is 0.320. The molecule has 0 fully saturated rings. The van der Waals surface area contributed by atoms with E-state index in [2.05, 4.69) is 4.72 Å². The molecule has 0 saturated heterocycles. The fraction of sp³-hybridized carbons (Fsp3) is 0.0769. The largest absolute Gasteiger partial charge is 0.282 e. The molecule has 0 atom stereocenters. The predicted molar refractivity (Wildman–Crippen MR) is 85.8 cm³/mol. The van der Waals surface area contributed by atoms with E-state index in [9.17, 15) is 18.5 Å². The van der Waals surface area contributed by atoms with Crippen molar-refractivity contribution >= 4 is 44.6 Å². The minimum atomic E-state index is -3.77. The Morgan fingerprint density at radius 1 is 1.14 bits per heavy atom. The highest BCUT2D eigenvalue weighted by Crippen LogP contribution is 2.27.